The Morgan fingerprint density at radius 2 is 1.80 bits per heavy atom. The van der Waals surface area contributed by atoms with E-state index >= 15 is 0 Å². The van der Waals surface area contributed by atoms with Crippen LogP contribution in [0, 0.1) is 0 Å². The molecule has 1 atom stereocenters. The summed E-state index contributed by atoms with van der Waals surface area (Å²) in [6.45, 7) is 0. The van der Waals surface area contributed by atoms with Crippen molar-refractivity contribution < 1.29 is 13.9 Å². The molecule has 0 amide bonds. The van der Waals surface area contributed by atoms with Crippen LogP contribution in [0.3, 0.4) is 0 Å². The van der Waals surface area contributed by atoms with E-state index in [1.54, 1.807) is 18.2 Å². The minimum atomic E-state index is -0.390. The first-order valence-corrected chi connectivity index (χ1v) is 14.8. The first-order chi connectivity index (χ1) is 20.0. The van der Waals surface area contributed by atoms with Crippen LogP contribution in [-0.2, 0) is 11.2 Å². The molecule has 3 aromatic carbocycles. The number of ether oxygens (including phenoxy) is 1. The molecule has 0 bridgehead atoms. The Morgan fingerprint density at radius 3 is 2.59 bits per heavy atom. The van der Waals surface area contributed by atoms with Crippen LogP contribution in [0.4, 0.5) is 0 Å². The van der Waals surface area contributed by atoms with Crippen molar-refractivity contribution in [3.63, 3.8) is 0 Å². The molecule has 0 spiro atoms. The van der Waals surface area contributed by atoms with Crippen LogP contribution in [0.15, 0.2) is 109 Å². The monoisotopic (exact) mass is 622 g/mol. The molecule has 2 aliphatic rings. The highest BCUT2D eigenvalue weighted by Gasteiger charge is 2.32. The number of aromatic nitrogens is 1. The van der Waals surface area contributed by atoms with Crippen molar-refractivity contribution in [2.75, 3.05) is 7.11 Å². The van der Waals surface area contributed by atoms with Crippen LogP contribution in [0.25, 0.3) is 23.1 Å². The fourth-order valence-corrected chi connectivity index (χ4v) is 6.82. The first kappa shape index (κ1) is 25.7. The Hall–Kier alpha value is -4.27. The maximum Gasteiger partial charge on any atom is 0.337 e. The van der Waals surface area contributed by atoms with E-state index in [9.17, 15) is 9.59 Å². The number of hydrogen-bond donors (Lipinski definition) is 0. The largest absolute Gasteiger partial charge is 0.465 e. The Labute approximate surface area is 247 Å². The molecule has 0 saturated heterocycles. The van der Waals surface area contributed by atoms with E-state index < -0.39 is 5.97 Å². The van der Waals surface area contributed by atoms with E-state index in [0.717, 1.165) is 39.7 Å². The van der Waals surface area contributed by atoms with E-state index in [0.29, 0.717) is 26.4 Å². The molecular weight excluding hydrogens is 600 g/mol. The molecule has 0 fully saturated rings. The zero-order chi connectivity index (χ0) is 28.1. The number of fused-ring (bicyclic) bond motifs is 3. The Kier molecular flexibility index (Phi) is 6.44. The SMILES string of the molecule is COC(=O)c1ccc(-c2ccc(/C=c3\sc4n(c3=O)[C@@H](c3ccc(Br)cc3)C3=C(N=4)c4ccccc4CC3)o2)cc1. The first-order valence-electron chi connectivity index (χ1n) is 13.2. The highest BCUT2D eigenvalue weighted by molar-refractivity contribution is 9.10. The van der Waals surface area contributed by atoms with Gasteiger partial charge in [0.25, 0.3) is 5.56 Å². The number of halogens is 1. The van der Waals surface area contributed by atoms with Gasteiger partial charge >= 0.3 is 5.97 Å². The van der Waals surface area contributed by atoms with Crippen molar-refractivity contribution in [2.45, 2.75) is 18.9 Å². The third kappa shape index (κ3) is 4.53. The van der Waals surface area contributed by atoms with E-state index in [1.807, 2.05) is 47.0 Å². The highest BCUT2D eigenvalue weighted by atomic mass is 79.9. The van der Waals surface area contributed by atoms with Gasteiger partial charge in [-0.3, -0.25) is 9.36 Å². The maximum absolute atomic E-state index is 14.0. The second kappa shape index (κ2) is 10.3. The van der Waals surface area contributed by atoms with Gasteiger partial charge in [0.05, 0.1) is 28.9 Å². The lowest BCUT2D eigenvalue weighted by Crippen LogP contribution is -2.38. The third-order valence-electron chi connectivity index (χ3n) is 7.55. The lowest BCUT2D eigenvalue weighted by molar-refractivity contribution is 0.0600. The molecule has 41 heavy (non-hydrogen) atoms. The quantitative estimate of drug-likeness (QED) is 0.226. The normalized spacial score (nSPS) is 16.0. The molecule has 1 aliphatic heterocycles. The number of aryl methyl sites for hydroxylation is 1. The van der Waals surface area contributed by atoms with Crippen molar-refractivity contribution >= 4 is 45.0 Å². The number of allylic oxidation sites excluding steroid dienone is 1. The average molecular weight is 624 g/mol. The zero-order valence-corrected chi connectivity index (χ0v) is 24.4. The van der Waals surface area contributed by atoms with Gasteiger partial charge in [0.2, 0.25) is 0 Å². The van der Waals surface area contributed by atoms with E-state index in [2.05, 4.69) is 46.3 Å². The summed E-state index contributed by atoms with van der Waals surface area (Å²) < 4.78 is 14.3. The number of carbonyl (C=O) groups excluding carboxylic acids is 1. The van der Waals surface area contributed by atoms with Gasteiger partial charge in [0, 0.05) is 21.7 Å². The summed E-state index contributed by atoms with van der Waals surface area (Å²) in [5.74, 6) is 0.815. The van der Waals surface area contributed by atoms with Gasteiger partial charge in [-0.25, -0.2) is 9.79 Å². The lowest BCUT2D eigenvalue weighted by Gasteiger charge is -2.30. The summed E-state index contributed by atoms with van der Waals surface area (Å²) in [5.41, 5.74) is 6.82. The summed E-state index contributed by atoms with van der Waals surface area (Å²) in [7, 11) is 1.36. The lowest BCUT2D eigenvalue weighted by atomic mass is 9.83. The van der Waals surface area contributed by atoms with Crippen molar-refractivity contribution in [3.8, 4) is 11.3 Å². The molecule has 202 valence electrons. The fraction of sp³-hybridized carbons (Fsp3) is 0.121. The number of hydrogen-bond acceptors (Lipinski definition) is 6. The number of rotatable bonds is 4. The van der Waals surface area contributed by atoms with Crippen molar-refractivity contribution in [2.24, 2.45) is 4.99 Å². The van der Waals surface area contributed by atoms with Gasteiger partial charge in [-0.15, -0.1) is 0 Å². The number of esters is 1. The Bertz CT molecular complexity index is 2030. The van der Waals surface area contributed by atoms with Gasteiger partial charge in [-0.05, 0) is 65.9 Å². The number of thiazole rings is 1. The average Bonchev–Trinajstić information content (AvgIpc) is 3.60. The van der Waals surface area contributed by atoms with Crippen LogP contribution < -0.4 is 14.9 Å². The molecule has 5 aromatic rings. The number of nitrogens with zero attached hydrogens (tertiary/aromatic N) is 2. The summed E-state index contributed by atoms with van der Waals surface area (Å²) >= 11 is 4.92. The van der Waals surface area contributed by atoms with Crippen LogP contribution in [0.2, 0.25) is 0 Å². The minimum absolute atomic E-state index is 0.0903. The van der Waals surface area contributed by atoms with E-state index in [-0.39, 0.29) is 11.6 Å². The van der Waals surface area contributed by atoms with Crippen LogP contribution >= 0.6 is 27.3 Å². The number of methoxy groups -OCH3 is 1. The summed E-state index contributed by atoms with van der Waals surface area (Å²) in [6, 6.07) is 27.1. The molecule has 8 heteroatoms. The predicted octanol–water partition coefficient (Wildman–Crippen LogP) is 6.13. The van der Waals surface area contributed by atoms with Crippen molar-refractivity contribution in [1.82, 2.24) is 4.57 Å². The molecule has 1 aliphatic carbocycles. The molecular formula is C33H23BrN2O4S. The van der Waals surface area contributed by atoms with Crippen molar-refractivity contribution in [1.29, 1.82) is 0 Å². The Balaban J connectivity index is 1.33. The maximum atomic E-state index is 14.0. The smallest absolute Gasteiger partial charge is 0.337 e. The van der Waals surface area contributed by atoms with Crippen molar-refractivity contribution in [3.05, 3.63) is 143 Å². The van der Waals surface area contributed by atoms with E-state index in [1.165, 1.54) is 29.6 Å². The standard InChI is InChI=1S/C33H23BrN2O4S/c1-39-32(38)22-8-6-20(7-9-22)27-17-15-24(40-27)18-28-31(37)36-30(21-10-13-23(34)14-11-21)26-16-12-19-4-2-3-5-25(19)29(26)35-33(36)41-28/h2-11,13-15,17-18,30H,12,16H2,1H3/b28-18-/t30-/m0/s1. The molecule has 0 radical (unpaired) electrons. The summed E-state index contributed by atoms with van der Waals surface area (Å²) in [5, 5.41) is 0. The molecule has 0 N–H and O–H groups in total. The Morgan fingerprint density at radius 1 is 1.02 bits per heavy atom. The van der Waals surface area contributed by atoms with Crippen LogP contribution in [-0.4, -0.2) is 17.6 Å². The predicted molar refractivity (Wildman–Crippen MR) is 162 cm³/mol. The highest BCUT2D eigenvalue weighted by Crippen LogP contribution is 2.41. The van der Waals surface area contributed by atoms with Gasteiger partial charge < -0.3 is 9.15 Å². The second-order valence-electron chi connectivity index (χ2n) is 9.94. The molecule has 7 rings (SSSR count). The van der Waals surface area contributed by atoms with Gasteiger partial charge in [0.1, 0.15) is 11.5 Å². The van der Waals surface area contributed by atoms with Gasteiger partial charge in [0.15, 0.2) is 4.80 Å². The second-order valence-corrected chi connectivity index (χ2v) is 11.9. The number of carbonyl (C=O) groups is 1. The molecule has 0 saturated carbocycles. The number of furan rings is 1. The number of benzene rings is 3. The topological polar surface area (TPSA) is 73.8 Å². The van der Waals surface area contributed by atoms with Gasteiger partial charge in [-0.1, -0.05) is 75.8 Å². The molecule has 0 unspecified atom stereocenters. The van der Waals surface area contributed by atoms with Crippen LogP contribution in [0.5, 0.6) is 0 Å². The fourth-order valence-electron chi connectivity index (χ4n) is 5.57. The summed E-state index contributed by atoms with van der Waals surface area (Å²) in [4.78, 5) is 31.5. The summed E-state index contributed by atoms with van der Waals surface area (Å²) in [6.07, 6.45) is 3.54. The molecule has 6 nitrogen and oxygen atoms in total. The van der Waals surface area contributed by atoms with Crippen LogP contribution in [0.1, 0.15) is 45.3 Å². The van der Waals surface area contributed by atoms with E-state index in [4.69, 9.17) is 14.1 Å². The van der Waals surface area contributed by atoms with Gasteiger partial charge in [-0.2, -0.15) is 0 Å². The zero-order valence-electron chi connectivity index (χ0n) is 22.0. The molecule has 2 aromatic heterocycles. The third-order valence-corrected chi connectivity index (χ3v) is 9.06. The molecule has 3 heterocycles. The minimum Gasteiger partial charge on any atom is -0.465 e.